The topological polar surface area (TPSA) is 139 Å². The van der Waals surface area contributed by atoms with Gasteiger partial charge >= 0.3 is 0 Å². The summed E-state index contributed by atoms with van der Waals surface area (Å²) < 4.78 is 22.2. The Balaban J connectivity index is 1.82. The van der Waals surface area contributed by atoms with Crippen molar-refractivity contribution in [1.82, 2.24) is 0 Å². The number of aliphatic hydroxyl groups excluding tert-OH is 4. The molecule has 4 rings (SSSR count). The molecule has 9 heteroatoms. The lowest BCUT2D eigenvalue weighted by molar-refractivity contribution is -0.277. The number of methoxy groups -OCH3 is 1. The molecule has 1 aliphatic heterocycles. The molecule has 1 fully saturated rings. The van der Waals surface area contributed by atoms with Gasteiger partial charge in [0, 0.05) is 5.56 Å². The Labute approximate surface area is 176 Å². The molecule has 0 radical (unpaired) electrons. The Hall–Kier alpha value is -2.95. The molecule has 1 aliphatic rings. The van der Waals surface area contributed by atoms with Gasteiger partial charge in [-0.1, -0.05) is 12.1 Å². The highest BCUT2D eigenvalue weighted by Gasteiger charge is 2.45. The second-order valence-corrected chi connectivity index (χ2v) is 7.13. The number of fused-ring (bicyclic) bond motifs is 1. The molecule has 164 valence electrons. The molecule has 0 saturated carbocycles. The molecule has 4 N–H and O–H groups in total. The van der Waals surface area contributed by atoms with Crippen LogP contribution in [0.4, 0.5) is 0 Å². The van der Waals surface area contributed by atoms with Crippen molar-refractivity contribution in [3.63, 3.8) is 0 Å². The minimum absolute atomic E-state index is 0.0864. The van der Waals surface area contributed by atoms with Crippen LogP contribution >= 0.6 is 0 Å². The van der Waals surface area contributed by atoms with Gasteiger partial charge in [0.2, 0.25) is 17.5 Å². The molecular formula is C22H22O9. The van der Waals surface area contributed by atoms with Crippen LogP contribution in [0.5, 0.6) is 11.5 Å². The second kappa shape index (κ2) is 8.66. The molecule has 0 amide bonds. The Bertz CT molecular complexity index is 1110. The first-order chi connectivity index (χ1) is 14.9. The molecule has 0 unspecified atom stereocenters. The quantitative estimate of drug-likeness (QED) is 0.459. The van der Waals surface area contributed by atoms with Crippen LogP contribution in [0.1, 0.15) is 0 Å². The van der Waals surface area contributed by atoms with E-state index < -0.39 is 42.7 Å². The van der Waals surface area contributed by atoms with Crippen molar-refractivity contribution in [3.05, 3.63) is 58.8 Å². The van der Waals surface area contributed by atoms with Gasteiger partial charge in [-0.3, -0.25) is 4.79 Å². The van der Waals surface area contributed by atoms with Crippen LogP contribution in [0.3, 0.4) is 0 Å². The Kier molecular flexibility index (Phi) is 5.94. The van der Waals surface area contributed by atoms with Crippen LogP contribution in [0.25, 0.3) is 22.3 Å². The highest BCUT2D eigenvalue weighted by Crippen LogP contribution is 2.34. The maximum Gasteiger partial charge on any atom is 0.235 e. The van der Waals surface area contributed by atoms with Crippen LogP contribution in [0.15, 0.2) is 57.7 Å². The van der Waals surface area contributed by atoms with Crippen molar-refractivity contribution < 1.29 is 39.1 Å². The van der Waals surface area contributed by atoms with Crippen LogP contribution < -0.4 is 14.9 Å². The van der Waals surface area contributed by atoms with Crippen LogP contribution in [0.2, 0.25) is 0 Å². The molecule has 3 aromatic rings. The minimum atomic E-state index is -1.67. The molecule has 31 heavy (non-hydrogen) atoms. The van der Waals surface area contributed by atoms with E-state index in [0.717, 1.165) is 0 Å². The summed E-state index contributed by atoms with van der Waals surface area (Å²) in [4.78, 5) is 13.2. The highest BCUT2D eigenvalue weighted by atomic mass is 16.7. The van der Waals surface area contributed by atoms with E-state index in [4.69, 9.17) is 18.6 Å². The molecular weight excluding hydrogens is 408 g/mol. The standard InChI is InChI=1S/C22H22O9/c1-28-12-8-6-11(7-9-12)20-21(16(24)13-4-2-3-5-14(13)29-20)31-22-19(27)18(26)17(25)15(10-23)30-22/h2-9,15,17-19,22-23,25-27H,10H2,1H3/t15-,17+,18-,19+,22-/m1/s1. The van der Waals surface area contributed by atoms with Crippen molar-refractivity contribution in [2.45, 2.75) is 30.7 Å². The largest absolute Gasteiger partial charge is 0.497 e. The van der Waals surface area contributed by atoms with Gasteiger partial charge in [-0.2, -0.15) is 0 Å². The Morgan fingerprint density at radius 2 is 1.68 bits per heavy atom. The molecule has 9 nitrogen and oxygen atoms in total. The van der Waals surface area contributed by atoms with Gasteiger partial charge < -0.3 is 39.1 Å². The van der Waals surface area contributed by atoms with E-state index in [0.29, 0.717) is 16.9 Å². The molecule has 0 spiro atoms. The van der Waals surface area contributed by atoms with E-state index in [2.05, 4.69) is 0 Å². The van der Waals surface area contributed by atoms with E-state index in [1.165, 1.54) is 7.11 Å². The first kappa shape index (κ1) is 21.3. The van der Waals surface area contributed by atoms with E-state index in [1.54, 1.807) is 48.5 Å². The van der Waals surface area contributed by atoms with Gasteiger partial charge in [0.15, 0.2) is 5.76 Å². The molecule has 5 atom stereocenters. The van der Waals surface area contributed by atoms with Crippen molar-refractivity contribution in [2.24, 2.45) is 0 Å². The summed E-state index contributed by atoms with van der Waals surface area (Å²) in [5.74, 6) is 0.444. The van der Waals surface area contributed by atoms with Crippen LogP contribution in [-0.4, -0.2) is 64.8 Å². The van der Waals surface area contributed by atoms with Gasteiger partial charge in [0.05, 0.1) is 19.1 Å². The summed E-state index contributed by atoms with van der Waals surface area (Å²) in [5.41, 5.74) is 0.326. The maximum absolute atomic E-state index is 13.2. The number of rotatable bonds is 5. The lowest BCUT2D eigenvalue weighted by Crippen LogP contribution is -2.60. The normalized spacial score (nSPS) is 26.0. The fourth-order valence-electron chi connectivity index (χ4n) is 3.45. The van der Waals surface area contributed by atoms with Crippen molar-refractivity contribution >= 4 is 11.0 Å². The zero-order valence-electron chi connectivity index (χ0n) is 16.5. The summed E-state index contributed by atoms with van der Waals surface area (Å²) in [5, 5.41) is 40.0. The monoisotopic (exact) mass is 430 g/mol. The van der Waals surface area contributed by atoms with E-state index >= 15 is 0 Å². The number of hydrogen-bond donors (Lipinski definition) is 4. The lowest BCUT2D eigenvalue weighted by Gasteiger charge is -2.39. The molecule has 0 bridgehead atoms. The number of aliphatic hydroxyl groups is 4. The summed E-state index contributed by atoms with van der Waals surface area (Å²) in [6.45, 7) is -0.623. The third-order valence-corrected chi connectivity index (χ3v) is 5.19. The number of para-hydroxylation sites is 1. The summed E-state index contributed by atoms with van der Waals surface area (Å²) in [6.07, 6.45) is -7.58. The molecule has 2 heterocycles. The van der Waals surface area contributed by atoms with Crippen molar-refractivity contribution in [1.29, 1.82) is 0 Å². The summed E-state index contributed by atoms with van der Waals surface area (Å²) >= 11 is 0. The number of ether oxygens (including phenoxy) is 3. The number of hydrogen-bond acceptors (Lipinski definition) is 9. The molecule has 0 aliphatic carbocycles. The second-order valence-electron chi connectivity index (χ2n) is 7.13. The predicted octanol–water partition coefficient (Wildman–Crippen LogP) is 0.647. The summed E-state index contributed by atoms with van der Waals surface area (Å²) in [7, 11) is 1.53. The Morgan fingerprint density at radius 3 is 2.35 bits per heavy atom. The maximum atomic E-state index is 13.2. The fraction of sp³-hybridized carbons (Fsp3) is 0.318. The van der Waals surface area contributed by atoms with E-state index in [9.17, 15) is 25.2 Å². The SMILES string of the molecule is COc1ccc(-c2oc3ccccc3c(=O)c2O[C@H]2O[C@H](CO)[C@H](O)[C@@H](O)[C@@H]2O)cc1. The van der Waals surface area contributed by atoms with Gasteiger partial charge in [0.25, 0.3) is 0 Å². The fourth-order valence-corrected chi connectivity index (χ4v) is 3.45. The molecule has 2 aromatic carbocycles. The first-order valence-corrected chi connectivity index (χ1v) is 9.62. The van der Waals surface area contributed by atoms with Gasteiger partial charge in [-0.15, -0.1) is 0 Å². The lowest BCUT2D eigenvalue weighted by atomic mass is 9.99. The van der Waals surface area contributed by atoms with Crippen LogP contribution in [-0.2, 0) is 4.74 Å². The minimum Gasteiger partial charge on any atom is -0.497 e. The van der Waals surface area contributed by atoms with E-state index in [-0.39, 0.29) is 16.9 Å². The van der Waals surface area contributed by atoms with Gasteiger partial charge in [-0.05, 0) is 36.4 Å². The smallest absolute Gasteiger partial charge is 0.235 e. The zero-order valence-corrected chi connectivity index (χ0v) is 16.5. The third kappa shape index (κ3) is 3.89. The molecule has 1 aromatic heterocycles. The van der Waals surface area contributed by atoms with E-state index in [1.807, 2.05) is 0 Å². The highest BCUT2D eigenvalue weighted by molar-refractivity contribution is 5.82. The van der Waals surface area contributed by atoms with Gasteiger partial charge in [0.1, 0.15) is 35.7 Å². The molecule has 1 saturated heterocycles. The Morgan fingerprint density at radius 1 is 0.968 bits per heavy atom. The average molecular weight is 430 g/mol. The first-order valence-electron chi connectivity index (χ1n) is 9.62. The third-order valence-electron chi connectivity index (χ3n) is 5.19. The van der Waals surface area contributed by atoms with Crippen molar-refractivity contribution in [2.75, 3.05) is 13.7 Å². The van der Waals surface area contributed by atoms with Gasteiger partial charge in [-0.25, -0.2) is 0 Å². The number of benzene rings is 2. The average Bonchev–Trinajstić information content (AvgIpc) is 2.81. The predicted molar refractivity (Wildman–Crippen MR) is 109 cm³/mol. The van der Waals surface area contributed by atoms with Crippen LogP contribution in [0, 0.1) is 0 Å². The summed E-state index contributed by atoms with van der Waals surface area (Å²) in [6, 6.07) is 13.3. The van der Waals surface area contributed by atoms with Crippen molar-refractivity contribution in [3.8, 4) is 22.8 Å². The zero-order chi connectivity index (χ0) is 22.1.